The number of primary amides is 1. The topological polar surface area (TPSA) is 96.2 Å². The van der Waals surface area contributed by atoms with E-state index >= 15 is 0 Å². The molecule has 0 aromatic heterocycles. The molecule has 0 aromatic rings. The minimum atomic E-state index is -0.712. The third-order valence-electron chi connectivity index (χ3n) is 0.735. The Hall–Kier alpha value is -0.910. The lowest BCUT2D eigenvalue weighted by Crippen LogP contribution is -2.40. The van der Waals surface area contributed by atoms with Crippen molar-refractivity contribution in [2.75, 3.05) is 0 Å². The molecule has 5 N–H and O–H groups in total. The SMILES string of the molecule is CC(C)SN(C(=N)N)C(N)=O. The number of rotatable bonds is 2. The van der Waals surface area contributed by atoms with Gasteiger partial charge in [0.1, 0.15) is 0 Å². The van der Waals surface area contributed by atoms with E-state index < -0.39 is 6.03 Å². The fraction of sp³-hybridized carbons (Fsp3) is 0.600. The molecule has 0 fully saturated rings. The van der Waals surface area contributed by atoms with Crippen LogP contribution < -0.4 is 11.5 Å². The Morgan fingerprint density at radius 1 is 1.55 bits per heavy atom. The zero-order chi connectivity index (χ0) is 9.02. The summed E-state index contributed by atoms with van der Waals surface area (Å²) in [5.41, 5.74) is 10.0. The molecule has 0 aliphatic carbocycles. The van der Waals surface area contributed by atoms with Crippen molar-refractivity contribution in [3.05, 3.63) is 0 Å². The van der Waals surface area contributed by atoms with E-state index in [9.17, 15) is 4.79 Å². The van der Waals surface area contributed by atoms with Gasteiger partial charge in [0, 0.05) is 5.25 Å². The van der Waals surface area contributed by atoms with Crippen LogP contribution in [0.15, 0.2) is 0 Å². The predicted molar refractivity (Wildman–Crippen MR) is 46.1 cm³/mol. The molecule has 0 bridgehead atoms. The molecule has 0 unspecified atom stereocenters. The minimum absolute atomic E-state index is 0.173. The third-order valence-corrected chi connectivity index (χ3v) is 1.74. The van der Waals surface area contributed by atoms with Crippen molar-refractivity contribution >= 4 is 23.9 Å². The average molecular weight is 176 g/mol. The second-order valence-electron chi connectivity index (χ2n) is 2.17. The molecule has 0 heterocycles. The minimum Gasteiger partial charge on any atom is -0.369 e. The van der Waals surface area contributed by atoms with Gasteiger partial charge < -0.3 is 11.5 Å². The van der Waals surface area contributed by atoms with E-state index in [2.05, 4.69) is 0 Å². The lowest BCUT2D eigenvalue weighted by atomic mass is 10.6. The van der Waals surface area contributed by atoms with Crippen molar-refractivity contribution in [1.29, 1.82) is 5.41 Å². The van der Waals surface area contributed by atoms with E-state index in [0.29, 0.717) is 0 Å². The Morgan fingerprint density at radius 2 is 2.00 bits per heavy atom. The fourth-order valence-corrected chi connectivity index (χ4v) is 1.08. The first kappa shape index (κ1) is 10.1. The summed E-state index contributed by atoms with van der Waals surface area (Å²) in [5, 5.41) is 7.13. The molecule has 0 aromatic carbocycles. The van der Waals surface area contributed by atoms with Gasteiger partial charge in [-0.05, 0) is 11.9 Å². The fourth-order valence-electron chi connectivity index (χ4n) is 0.438. The zero-order valence-corrected chi connectivity index (χ0v) is 7.31. The molecule has 5 nitrogen and oxygen atoms in total. The highest BCUT2D eigenvalue weighted by atomic mass is 32.2. The standard InChI is InChI=1S/C5H12N4OS/c1-3(2)11-9(4(6)7)5(8)10/h3H,1-2H3,(H3,6,7)(H2,8,10). The third kappa shape index (κ3) is 3.72. The van der Waals surface area contributed by atoms with Gasteiger partial charge in [-0.15, -0.1) is 0 Å². The van der Waals surface area contributed by atoms with Crippen LogP contribution in [-0.2, 0) is 0 Å². The van der Waals surface area contributed by atoms with Crippen LogP contribution in [0.1, 0.15) is 13.8 Å². The Kier molecular flexibility index (Phi) is 3.73. The lowest BCUT2D eigenvalue weighted by molar-refractivity contribution is 0.244. The van der Waals surface area contributed by atoms with Crippen molar-refractivity contribution in [2.24, 2.45) is 11.5 Å². The van der Waals surface area contributed by atoms with Gasteiger partial charge in [0.2, 0.25) is 5.96 Å². The van der Waals surface area contributed by atoms with E-state index in [1.807, 2.05) is 13.8 Å². The van der Waals surface area contributed by atoms with Gasteiger partial charge >= 0.3 is 6.03 Å². The highest BCUT2D eigenvalue weighted by Gasteiger charge is 2.14. The summed E-state index contributed by atoms with van der Waals surface area (Å²) in [6.45, 7) is 3.76. The molecule has 0 saturated carbocycles. The average Bonchev–Trinajstić information content (AvgIpc) is 1.81. The second kappa shape index (κ2) is 4.07. The summed E-state index contributed by atoms with van der Waals surface area (Å²) in [6, 6.07) is -0.712. The number of carbonyl (C=O) groups is 1. The molecule has 64 valence electrons. The second-order valence-corrected chi connectivity index (χ2v) is 3.69. The molecule has 0 aliphatic rings. The summed E-state index contributed by atoms with van der Waals surface area (Å²) in [5.74, 6) is -0.337. The van der Waals surface area contributed by atoms with E-state index in [1.165, 1.54) is 0 Å². The molecule has 6 heteroatoms. The van der Waals surface area contributed by atoms with E-state index in [1.54, 1.807) is 0 Å². The van der Waals surface area contributed by atoms with Crippen molar-refractivity contribution in [2.45, 2.75) is 19.1 Å². The van der Waals surface area contributed by atoms with Crippen molar-refractivity contribution in [3.63, 3.8) is 0 Å². The van der Waals surface area contributed by atoms with Gasteiger partial charge in [-0.25, -0.2) is 9.10 Å². The van der Waals surface area contributed by atoms with E-state index in [0.717, 1.165) is 16.3 Å². The molecule has 0 rings (SSSR count). The van der Waals surface area contributed by atoms with Crippen molar-refractivity contribution < 1.29 is 4.79 Å². The number of hydrogen-bond donors (Lipinski definition) is 3. The largest absolute Gasteiger partial charge is 0.369 e. The molecule has 0 radical (unpaired) electrons. The lowest BCUT2D eigenvalue weighted by Gasteiger charge is -2.17. The smallest absolute Gasteiger partial charge is 0.331 e. The van der Waals surface area contributed by atoms with Crippen molar-refractivity contribution in [3.8, 4) is 0 Å². The van der Waals surface area contributed by atoms with Gasteiger partial charge in [-0.3, -0.25) is 5.41 Å². The quantitative estimate of drug-likeness (QED) is 0.321. The number of amides is 2. The molecule has 0 saturated heterocycles. The molecule has 2 amide bonds. The van der Waals surface area contributed by atoms with Gasteiger partial charge in [0.05, 0.1) is 0 Å². The van der Waals surface area contributed by atoms with Gasteiger partial charge in [-0.1, -0.05) is 13.8 Å². The van der Waals surface area contributed by atoms with E-state index in [-0.39, 0.29) is 11.2 Å². The van der Waals surface area contributed by atoms with Crippen LogP contribution in [0.2, 0.25) is 0 Å². The van der Waals surface area contributed by atoms with Crippen LogP contribution in [0.5, 0.6) is 0 Å². The predicted octanol–water partition coefficient (Wildman–Crippen LogP) is 0.317. The summed E-state index contributed by atoms with van der Waals surface area (Å²) in [6.07, 6.45) is 0. The maximum atomic E-state index is 10.6. The summed E-state index contributed by atoms with van der Waals surface area (Å²) in [4.78, 5) is 10.6. The van der Waals surface area contributed by atoms with Crippen LogP contribution in [0.4, 0.5) is 4.79 Å². The van der Waals surface area contributed by atoms with Gasteiger partial charge in [0.15, 0.2) is 0 Å². The Bertz CT molecular complexity index is 156. The number of hydrogen-bond acceptors (Lipinski definition) is 3. The van der Waals surface area contributed by atoms with Crippen molar-refractivity contribution in [1.82, 2.24) is 4.31 Å². The summed E-state index contributed by atoms with van der Waals surface area (Å²) >= 11 is 1.12. The highest BCUT2D eigenvalue weighted by molar-refractivity contribution is 7.98. The van der Waals surface area contributed by atoms with Crippen LogP contribution in [0.25, 0.3) is 0 Å². The van der Waals surface area contributed by atoms with Crippen LogP contribution in [0, 0.1) is 5.41 Å². The highest BCUT2D eigenvalue weighted by Crippen LogP contribution is 2.14. The van der Waals surface area contributed by atoms with E-state index in [4.69, 9.17) is 16.9 Å². The molecule has 0 atom stereocenters. The Morgan fingerprint density at radius 3 is 2.09 bits per heavy atom. The normalized spacial score (nSPS) is 9.73. The number of nitrogens with two attached hydrogens (primary N) is 2. The first-order chi connectivity index (χ1) is 4.95. The monoisotopic (exact) mass is 176 g/mol. The number of nitrogens with zero attached hydrogens (tertiary/aromatic N) is 1. The zero-order valence-electron chi connectivity index (χ0n) is 6.50. The molecular formula is C5H12N4OS. The number of carbonyl (C=O) groups excluding carboxylic acids is 1. The molecular weight excluding hydrogens is 164 g/mol. The number of guanidine groups is 1. The Labute approximate surface area is 69.7 Å². The summed E-state index contributed by atoms with van der Waals surface area (Å²) in [7, 11) is 0. The molecule has 0 spiro atoms. The molecule has 11 heavy (non-hydrogen) atoms. The number of urea groups is 1. The maximum Gasteiger partial charge on any atom is 0.331 e. The first-order valence-corrected chi connectivity index (χ1v) is 3.89. The van der Waals surface area contributed by atoms with Crippen LogP contribution in [-0.4, -0.2) is 21.5 Å². The van der Waals surface area contributed by atoms with Gasteiger partial charge in [0.25, 0.3) is 0 Å². The maximum absolute atomic E-state index is 10.6. The van der Waals surface area contributed by atoms with Gasteiger partial charge in [-0.2, -0.15) is 0 Å². The Balaban J connectivity index is 4.12. The molecule has 0 aliphatic heterocycles. The summed E-state index contributed by atoms with van der Waals surface area (Å²) < 4.78 is 0.949. The first-order valence-electron chi connectivity index (χ1n) is 3.05. The van der Waals surface area contributed by atoms with Crippen LogP contribution >= 0.6 is 11.9 Å². The number of nitrogens with one attached hydrogen (secondary N) is 1. The van der Waals surface area contributed by atoms with Crippen LogP contribution in [0.3, 0.4) is 0 Å².